The maximum absolute atomic E-state index is 12.5. The van der Waals surface area contributed by atoms with Crippen LogP contribution in [-0.2, 0) is 11.2 Å². The Bertz CT molecular complexity index is 558. The highest BCUT2D eigenvalue weighted by Gasteiger charge is 2.24. The van der Waals surface area contributed by atoms with E-state index < -0.39 is 0 Å². The number of carbonyl (C=O) groups excluding carboxylic acids is 1. The third-order valence-electron chi connectivity index (χ3n) is 6.03. The summed E-state index contributed by atoms with van der Waals surface area (Å²) in [7, 11) is 1.75. The van der Waals surface area contributed by atoms with E-state index in [0.29, 0.717) is 11.8 Å². The van der Waals surface area contributed by atoms with Crippen molar-refractivity contribution in [2.24, 2.45) is 11.8 Å². The van der Waals surface area contributed by atoms with Crippen molar-refractivity contribution in [2.75, 3.05) is 53.0 Å². The minimum absolute atomic E-state index is 0.127. The number of methoxy groups -OCH3 is 1. The predicted molar refractivity (Wildman–Crippen MR) is 109 cm³/mol. The van der Waals surface area contributed by atoms with E-state index in [1.165, 1.54) is 18.4 Å². The SMILES string of the molecule is COCCN1CCC[C@H](CNC(=O)N2CCC(Cc3ccccc3)CC2)C1. The van der Waals surface area contributed by atoms with Crippen LogP contribution in [0.1, 0.15) is 31.2 Å². The van der Waals surface area contributed by atoms with Gasteiger partial charge in [-0.15, -0.1) is 0 Å². The molecule has 5 heteroatoms. The van der Waals surface area contributed by atoms with E-state index in [4.69, 9.17) is 4.74 Å². The number of piperidine rings is 2. The number of hydrogen-bond acceptors (Lipinski definition) is 3. The zero-order valence-electron chi connectivity index (χ0n) is 16.7. The molecule has 0 spiro atoms. The summed E-state index contributed by atoms with van der Waals surface area (Å²) in [6, 6.07) is 10.8. The summed E-state index contributed by atoms with van der Waals surface area (Å²) in [5, 5.41) is 3.19. The van der Waals surface area contributed by atoms with Crippen LogP contribution in [0.4, 0.5) is 4.79 Å². The van der Waals surface area contributed by atoms with Gasteiger partial charge < -0.3 is 19.9 Å². The van der Waals surface area contributed by atoms with Gasteiger partial charge >= 0.3 is 6.03 Å². The molecule has 2 amide bonds. The summed E-state index contributed by atoms with van der Waals surface area (Å²) >= 11 is 0. The van der Waals surface area contributed by atoms with Crippen LogP contribution in [0.25, 0.3) is 0 Å². The molecule has 0 aromatic heterocycles. The third kappa shape index (κ3) is 6.51. The zero-order valence-corrected chi connectivity index (χ0v) is 16.7. The van der Waals surface area contributed by atoms with E-state index in [0.717, 1.165) is 65.1 Å². The second-order valence-corrected chi connectivity index (χ2v) is 8.11. The number of hydrogen-bond donors (Lipinski definition) is 1. The number of rotatable bonds is 7. The second kappa shape index (κ2) is 10.7. The van der Waals surface area contributed by atoms with Crippen molar-refractivity contribution in [1.29, 1.82) is 0 Å². The molecule has 1 aromatic carbocycles. The fraction of sp³-hybridized carbons (Fsp3) is 0.682. The minimum Gasteiger partial charge on any atom is -0.383 e. The van der Waals surface area contributed by atoms with Crippen molar-refractivity contribution in [3.05, 3.63) is 35.9 Å². The van der Waals surface area contributed by atoms with Gasteiger partial charge in [0.1, 0.15) is 0 Å². The molecule has 1 aromatic rings. The van der Waals surface area contributed by atoms with Crippen molar-refractivity contribution in [3.8, 4) is 0 Å². The van der Waals surface area contributed by atoms with Gasteiger partial charge in [0.25, 0.3) is 0 Å². The number of urea groups is 1. The fourth-order valence-electron chi connectivity index (χ4n) is 4.37. The lowest BCUT2D eigenvalue weighted by molar-refractivity contribution is 0.113. The molecule has 0 bridgehead atoms. The van der Waals surface area contributed by atoms with Crippen LogP contribution in [0, 0.1) is 11.8 Å². The summed E-state index contributed by atoms with van der Waals surface area (Å²) in [6.45, 7) is 6.58. The van der Waals surface area contributed by atoms with Crippen LogP contribution in [0.5, 0.6) is 0 Å². The Morgan fingerprint density at radius 1 is 1.11 bits per heavy atom. The van der Waals surface area contributed by atoms with Crippen LogP contribution in [0.15, 0.2) is 30.3 Å². The van der Waals surface area contributed by atoms with E-state index in [-0.39, 0.29) is 6.03 Å². The number of nitrogens with one attached hydrogen (secondary N) is 1. The van der Waals surface area contributed by atoms with Crippen molar-refractivity contribution in [3.63, 3.8) is 0 Å². The smallest absolute Gasteiger partial charge is 0.317 e. The lowest BCUT2D eigenvalue weighted by atomic mass is 9.90. The molecular weight excluding hydrogens is 338 g/mol. The Hall–Kier alpha value is -1.59. The Balaban J connectivity index is 1.34. The summed E-state index contributed by atoms with van der Waals surface area (Å²) < 4.78 is 5.19. The molecule has 27 heavy (non-hydrogen) atoms. The van der Waals surface area contributed by atoms with Crippen molar-refractivity contribution in [2.45, 2.75) is 32.1 Å². The Labute approximate surface area is 164 Å². The number of amides is 2. The first-order valence-corrected chi connectivity index (χ1v) is 10.5. The Kier molecular flexibility index (Phi) is 7.96. The average Bonchev–Trinajstić information content (AvgIpc) is 2.72. The molecule has 0 aliphatic carbocycles. The van der Waals surface area contributed by atoms with Crippen LogP contribution < -0.4 is 5.32 Å². The molecule has 1 atom stereocenters. The highest BCUT2D eigenvalue weighted by Crippen LogP contribution is 2.22. The summed E-state index contributed by atoms with van der Waals surface area (Å²) in [4.78, 5) is 17.0. The van der Waals surface area contributed by atoms with E-state index >= 15 is 0 Å². The first-order chi connectivity index (χ1) is 13.2. The second-order valence-electron chi connectivity index (χ2n) is 8.11. The molecular formula is C22H35N3O2. The molecule has 3 rings (SSSR count). The molecule has 0 radical (unpaired) electrons. The number of benzene rings is 1. The fourth-order valence-corrected chi connectivity index (χ4v) is 4.37. The normalized spacial score (nSPS) is 22.0. The quantitative estimate of drug-likeness (QED) is 0.799. The highest BCUT2D eigenvalue weighted by molar-refractivity contribution is 5.74. The molecule has 2 heterocycles. The predicted octanol–water partition coefficient (Wildman–Crippen LogP) is 3.01. The number of nitrogens with zero attached hydrogens (tertiary/aromatic N) is 2. The summed E-state index contributed by atoms with van der Waals surface area (Å²) in [6.07, 6.45) is 5.78. The first-order valence-electron chi connectivity index (χ1n) is 10.5. The number of likely N-dealkylation sites (tertiary alicyclic amines) is 2. The van der Waals surface area contributed by atoms with Crippen LogP contribution in [-0.4, -0.2) is 68.8 Å². The number of carbonyl (C=O) groups is 1. The molecule has 150 valence electrons. The Morgan fingerprint density at radius 2 is 1.89 bits per heavy atom. The molecule has 2 fully saturated rings. The van der Waals surface area contributed by atoms with Gasteiger partial charge in [0.2, 0.25) is 0 Å². The van der Waals surface area contributed by atoms with Crippen LogP contribution in [0.2, 0.25) is 0 Å². The first kappa shape index (κ1) is 20.2. The largest absolute Gasteiger partial charge is 0.383 e. The molecule has 2 saturated heterocycles. The summed E-state index contributed by atoms with van der Waals surface area (Å²) in [5.41, 5.74) is 1.41. The van der Waals surface area contributed by atoms with Gasteiger partial charge in [-0.3, -0.25) is 0 Å². The van der Waals surface area contributed by atoms with E-state index in [2.05, 4.69) is 40.5 Å². The number of ether oxygens (including phenoxy) is 1. The monoisotopic (exact) mass is 373 g/mol. The van der Waals surface area contributed by atoms with Gasteiger partial charge in [-0.2, -0.15) is 0 Å². The van der Waals surface area contributed by atoms with E-state index in [1.54, 1.807) is 7.11 Å². The molecule has 2 aliphatic rings. The molecule has 0 unspecified atom stereocenters. The lowest BCUT2D eigenvalue weighted by Crippen LogP contribution is -2.48. The highest BCUT2D eigenvalue weighted by atomic mass is 16.5. The van der Waals surface area contributed by atoms with Gasteiger partial charge in [0.05, 0.1) is 6.61 Å². The van der Waals surface area contributed by atoms with Gasteiger partial charge in [0, 0.05) is 39.8 Å². The topological polar surface area (TPSA) is 44.8 Å². The van der Waals surface area contributed by atoms with Crippen molar-refractivity contribution < 1.29 is 9.53 Å². The van der Waals surface area contributed by atoms with Gasteiger partial charge in [0.15, 0.2) is 0 Å². The summed E-state index contributed by atoms with van der Waals surface area (Å²) in [5.74, 6) is 1.26. The standard InChI is InChI=1S/C22H35N3O2/c1-27-15-14-24-11-5-8-21(18-24)17-23-22(26)25-12-9-20(10-13-25)16-19-6-3-2-4-7-19/h2-4,6-7,20-21H,5,8-18H2,1H3,(H,23,26)/t21-/m1/s1. The maximum Gasteiger partial charge on any atom is 0.317 e. The molecule has 5 nitrogen and oxygen atoms in total. The minimum atomic E-state index is 0.127. The maximum atomic E-state index is 12.5. The van der Waals surface area contributed by atoms with Crippen molar-refractivity contribution >= 4 is 6.03 Å². The molecule has 2 aliphatic heterocycles. The van der Waals surface area contributed by atoms with Crippen LogP contribution in [0.3, 0.4) is 0 Å². The van der Waals surface area contributed by atoms with Gasteiger partial charge in [-0.25, -0.2) is 4.79 Å². The van der Waals surface area contributed by atoms with E-state index in [1.807, 2.05) is 4.90 Å². The molecule has 1 N–H and O–H groups in total. The lowest BCUT2D eigenvalue weighted by Gasteiger charge is -2.34. The van der Waals surface area contributed by atoms with Crippen molar-refractivity contribution in [1.82, 2.24) is 15.1 Å². The zero-order chi connectivity index (χ0) is 18.9. The van der Waals surface area contributed by atoms with Gasteiger partial charge in [-0.1, -0.05) is 30.3 Å². The van der Waals surface area contributed by atoms with E-state index in [9.17, 15) is 4.79 Å². The van der Waals surface area contributed by atoms with Gasteiger partial charge in [-0.05, 0) is 56.0 Å². The van der Waals surface area contributed by atoms with Crippen LogP contribution >= 0.6 is 0 Å². The molecule has 0 saturated carbocycles. The third-order valence-corrected chi connectivity index (χ3v) is 6.03. The Morgan fingerprint density at radius 3 is 2.63 bits per heavy atom. The average molecular weight is 374 g/mol.